The molecular formula is C22H16ClN3O4. The third-order valence-electron chi connectivity index (χ3n) is 4.27. The summed E-state index contributed by atoms with van der Waals surface area (Å²) in [6, 6.07) is 18.6. The third kappa shape index (κ3) is 4.59. The minimum absolute atomic E-state index is 0.142. The van der Waals surface area contributed by atoms with Gasteiger partial charge in [0.1, 0.15) is 0 Å². The van der Waals surface area contributed by atoms with Gasteiger partial charge in [-0.05, 0) is 60.2 Å². The highest BCUT2D eigenvalue weighted by Gasteiger charge is 2.15. The molecule has 1 aliphatic heterocycles. The topological polar surface area (TPSA) is 89.0 Å². The van der Waals surface area contributed by atoms with Gasteiger partial charge in [-0.25, -0.2) is 5.43 Å². The van der Waals surface area contributed by atoms with Crippen LogP contribution in [-0.4, -0.2) is 24.8 Å². The van der Waals surface area contributed by atoms with E-state index in [1.807, 2.05) is 0 Å². The zero-order valence-corrected chi connectivity index (χ0v) is 16.3. The van der Waals surface area contributed by atoms with E-state index in [1.165, 1.54) is 6.21 Å². The number of fused-ring (bicyclic) bond motifs is 1. The van der Waals surface area contributed by atoms with Crippen LogP contribution in [0.3, 0.4) is 0 Å². The van der Waals surface area contributed by atoms with Crippen LogP contribution in [0.5, 0.6) is 11.5 Å². The number of nitrogens with one attached hydrogen (secondary N) is 2. The van der Waals surface area contributed by atoms with Gasteiger partial charge in [0.05, 0.1) is 6.21 Å². The minimum atomic E-state index is -0.378. The lowest BCUT2D eigenvalue weighted by atomic mass is 10.2. The van der Waals surface area contributed by atoms with E-state index >= 15 is 0 Å². The van der Waals surface area contributed by atoms with Crippen molar-refractivity contribution in [1.82, 2.24) is 5.43 Å². The van der Waals surface area contributed by atoms with E-state index in [0.29, 0.717) is 38.9 Å². The van der Waals surface area contributed by atoms with Crippen LogP contribution < -0.4 is 20.2 Å². The number of benzene rings is 3. The van der Waals surface area contributed by atoms with Crippen LogP contribution in [0.1, 0.15) is 26.3 Å². The number of hydrazone groups is 1. The largest absolute Gasteiger partial charge is 0.454 e. The maximum absolute atomic E-state index is 12.3. The smallest absolute Gasteiger partial charge is 0.271 e. The lowest BCUT2D eigenvalue weighted by Gasteiger charge is -2.06. The molecule has 8 heteroatoms. The molecule has 7 nitrogen and oxygen atoms in total. The molecule has 2 amide bonds. The zero-order valence-electron chi connectivity index (χ0n) is 15.6. The minimum Gasteiger partial charge on any atom is -0.454 e. The van der Waals surface area contributed by atoms with Gasteiger partial charge >= 0.3 is 0 Å². The number of anilines is 1. The number of amides is 2. The van der Waals surface area contributed by atoms with E-state index in [4.69, 9.17) is 21.1 Å². The number of hydrogen-bond donors (Lipinski definition) is 2. The molecule has 0 fully saturated rings. The second-order valence-corrected chi connectivity index (χ2v) is 6.79. The van der Waals surface area contributed by atoms with Crippen molar-refractivity contribution in [2.24, 2.45) is 5.10 Å². The molecule has 150 valence electrons. The maximum Gasteiger partial charge on any atom is 0.271 e. The molecule has 3 aromatic carbocycles. The van der Waals surface area contributed by atoms with Crippen LogP contribution in [-0.2, 0) is 0 Å². The Morgan fingerprint density at radius 1 is 0.900 bits per heavy atom. The van der Waals surface area contributed by atoms with E-state index in [2.05, 4.69) is 15.8 Å². The van der Waals surface area contributed by atoms with Gasteiger partial charge in [-0.3, -0.25) is 9.59 Å². The quantitative estimate of drug-likeness (QED) is 0.479. The normalized spacial score (nSPS) is 12.0. The Morgan fingerprint density at radius 2 is 1.67 bits per heavy atom. The molecule has 1 aliphatic rings. The van der Waals surface area contributed by atoms with Crippen molar-refractivity contribution in [2.45, 2.75) is 0 Å². The van der Waals surface area contributed by atoms with Crippen LogP contribution in [0.25, 0.3) is 0 Å². The van der Waals surface area contributed by atoms with E-state index in [-0.39, 0.29) is 18.6 Å². The number of ether oxygens (including phenoxy) is 2. The van der Waals surface area contributed by atoms with E-state index in [9.17, 15) is 9.59 Å². The Labute approximate surface area is 177 Å². The second kappa shape index (κ2) is 8.67. The molecule has 0 spiro atoms. The summed E-state index contributed by atoms with van der Waals surface area (Å²) in [6.07, 6.45) is 1.49. The number of halogens is 1. The maximum atomic E-state index is 12.3. The van der Waals surface area contributed by atoms with Gasteiger partial charge in [-0.1, -0.05) is 23.7 Å². The fraction of sp³-hybridized carbons (Fsp3) is 0.0455. The van der Waals surface area contributed by atoms with Gasteiger partial charge in [0.25, 0.3) is 11.8 Å². The summed E-state index contributed by atoms with van der Waals surface area (Å²) < 4.78 is 10.5. The molecule has 30 heavy (non-hydrogen) atoms. The fourth-order valence-electron chi connectivity index (χ4n) is 2.77. The average Bonchev–Trinajstić information content (AvgIpc) is 3.22. The van der Waals surface area contributed by atoms with Gasteiger partial charge in [0, 0.05) is 21.8 Å². The van der Waals surface area contributed by atoms with Crippen molar-refractivity contribution in [3.05, 3.63) is 88.4 Å². The first kappa shape index (κ1) is 19.5. The summed E-state index contributed by atoms with van der Waals surface area (Å²) in [5, 5.41) is 7.35. The van der Waals surface area contributed by atoms with Crippen molar-refractivity contribution in [2.75, 3.05) is 12.1 Å². The van der Waals surface area contributed by atoms with Crippen molar-refractivity contribution in [3.63, 3.8) is 0 Å². The second-order valence-electron chi connectivity index (χ2n) is 6.35. The Bertz CT molecular complexity index is 1130. The number of carbonyl (C=O) groups excluding carboxylic acids is 2. The molecule has 0 saturated carbocycles. The van der Waals surface area contributed by atoms with Gasteiger partial charge < -0.3 is 14.8 Å². The summed E-state index contributed by atoms with van der Waals surface area (Å²) >= 11 is 5.84. The van der Waals surface area contributed by atoms with Crippen LogP contribution in [0.4, 0.5) is 5.69 Å². The molecule has 4 rings (SSSR count). The summed E-state index contributed by atoms with van der Waals surface area (Å²) in [4.78, 5) is 24.6. The first-order valence-electron chi connectivity index (χ1n) is 8.98. The van der Waals surface area contributed by atoms with Crippen molar-refractivity contribution >= 4 is 35.3 Å². The van der Waals surface area contributed by atoms with Crippen LogP contribution >= 0.6 is 11.6 Å². The molecule has 0 radical (unpaired) electrons. The molecule has 0 atom stereocenters. The van der Waals surface area contributed by atoms with E-state index in [0.717, 1.165) is 0 Å². The molecule has 0 aromatic heterocycles. The monoisotopic (exact) mass is 421 g/mol. The summed E-state index contributed by atoms with van der Waals surface area (Å²) in [5.41, 5.74) is 4.66. The van der Waals surface area contributed by atoms with Gasteiger partial charge in [-0.15, -0.1) is 0 Å². The molecule has 1 heterocycles. The lowest BCUT2D eigenvalue weighted by molar-refractivity contribution is 0.0954. The molecule has 3 aromatic rings. The molecule has 0 bridgehead atoms. The number of rotatable bonds is 5. The predicted molar refractivity (Wildman–Crippen MR) is 113 cm³/mol. The van der Waals surface area contributed by atoms with Gasteiger partial charge in [0.2, 0.25) is 6.79 Å². The first-order valence-corrected chi connectivity index (χ1v) is 9.36. The highest BCUT2D eigenvalue weighted by atomic mass is 35.5. The Hall–Kier alpha value is -3.84. The molecule has 0 unspecified atom stereocenters. The van der Waals surface area contributed by atoms with Crippen molar-refractivity contribution in [3.8, 4) is 11.5 Å². The average molecular weight is 422 g/mol. The molecular weight excluding hydrogens is 406 g/mol. The zero-order chi connectivity index (χ0) is 20.9. The Kier molecular flexibility index (Phi) is 5.63. The fourth-order valence-corrected chi connectivity index (χ4v) is 2.90. The number of hydrogen-bond acceptors (Lipinski definition) is 5. The van der Waals surface area contributed by atoms with Gasteiger partial charge in [-0.2, -0.15) is 5.10 Å². The third-order valence-corrected chi connectivity index (χ3v) is 4.52. The predicted octanol–water partition coefficient (Wildman–Crippen LogP) is 4.08. The van der Waals surface area contributed by atoms with Crippen molar-refractivity contribution in [1.29, 1.82) is 0 Å². The summed E-state index contributed by atoms with van der Waals surface area (Å²) in [6.45, 7) is 0.142. The lowest BCUT2D eigenvalue weighted by Crippen LogP contribution is -2.17. The molecule has 0 saturated heterocycles. The highest BCUT2D eigenvalue weighted by Crippen LogP contribution is 2.32. The summed E-state index contributed by atoms with van der Waals surface area (Å²) in [5.74, 6) is 0.497. The van der Waals surface area contributed by atoms with Gasteiger partial charge in [0.15, 0.2) is 11.5 Å². The van der Waals surface area contributed by atoms with Crippen molar-refractivity contribution < 1.29 is 19.1 Å². The Balaban J connectivity index is 1.37. The first-order chi connectivity index (χ1) is 14.6. The van der Waals surface area contributed by atoms with Crippen LogP contribution in [0.2, 0.25) is 5.02 Å². The summed E-state index contributed by atoms with van der Waals surface area (Å²) in [7, 11) is 0. The van der Waals surface area contributed by atoms with Crippen LogP contribution in [0, 0.1) is 0 Å². The SMILES string of the molecule is O=C(N/N=C/c1cccc(NC(=O)c2ccc(Cl)cc2)c1)c1ccc2c(c1)OCO2. The highest BCUT2D eigenvalue weighted by molar-refractivity contribution is 6.30. The Morgan fingerprint density at radius 3 is 2.50 bits per heavy atom. The standard InChI is InChI=1S/C22H16ClN3O4/c23-17-7-4-15(5-8-17)21(27)25-18-3-1-2-14(10-18)12-24-26-22(28)16-6-9-19-20(11-16)30-13-29-19/h1-12H,13H2,(H,25,27)(H,26,28)/b24-12+. The van der Waals surface area contributed by atoms with Crippen LogP contribution in [0.15, 0.2) is 71.8 Å². The number of carbonyl (C=O) groups is 2. The van der Waals surface area contributed by atoms with E-state index in [1.54, 1.807) is 66.7 Å². The number of nitrogens with zero attached hydrogens (tertiary/aromatic N) is 1. The molecule has 0 aliphatic carbocycles. The molecule has 2 N–H and O–H groups in total. The van der Waals surface area contributed by atoms with E-state index < -0.39 is 0 Å².